The number of carbonyl (C=O) groups is 2. The normalized spacial score (nSPS) is 21.4. The lowest BCUT2D eigenvalue weighted by Crippen LogP contribution is -2.47. The molecule has 2 aromatic carbocycles. The highest BCUT2D eigenvalue weighted by atomic mass is 16.5. The fourth-order valence-corrected chi connectivity index (χ4v) is 4.60. The van der Waals surface area contributed by atoms with E-state index in [-0.39, 0.29) is 30.1 Å². The van der Waals surface area contributed by atoms with Gasteiger partial charge in [0.05, 0.1) is 29.6 Å². The summed E-state index contributed by atoms with van der Waals surface area (Å²) >= 11 is 0. The van der Waals surface area contributed by atoms with E-state index < -0.39 is 0 Å². The number of amides is 2. The zero-order valence-electron chi connectivity index (χ0n) is 20.2. The van der Waals surface area contributed by atoms with Crippen molar-refractivity contribution in [2.45, 2.75) is 59.9 Å². The maximum Gasteiger partial charge on any atom is 0.282 e. The number of ether oxygens (including phenoxy) is 2. The first-order valence-electron chi connectivity index (χ1n) is 11.5. The van der Waals surface area contributed by atoms with E-state index in [4.69, 9.17) is 9.47 Å². The highest BCUT2D eigenvalue weighted by molar-refractivity contribution is 6.45. The van der Waals surface area contributed by atoms with Crippen LogP contribution in [0.15, 0.2) is 48.2 Å². The summed E-state index contributed by atoms with van der Waals surface area (Å²) in [5, 5.41) is 0. The van der Waals surface area contributed by atoms with Crippen LogP contribution in [0.3, 0.4) is 0 Å². The molecule has 0 bridgehead atoms. The lowest BCUT2D eigenvalue weighted by molar-refractivity contribution is -0.121. The number of nitrogens with zero attached hydrogens (tertiary/aromatic N) is 2. The second-order valence-electron chi connectivity index (χ2n) is 9.24. The predicted molar refractivity (Wildman–Crippen MR) is 129 cm³/mol. The van der Waals surface area contributed by atoms with Crippen molar-refractivity contribution in [3.8, 4) is 5.75 Å². The molecule has 6 heteroatoms. The molecular weight excluding hydrogens is 416 g/mol. The number of hydrogen-bond acceptors (Lipinski definition) is 5. The van der Waals surface area contributed by atoms with Crippen molar-refractivity contribution in [1.82, 2.24) is 4.90 Å². The van der Waals surface area contributed by atoms with Crippen molar-refractivity contribution in [2.75, 3.05) is 18.0 Å². The zero-order chi connectivity index (χ0) is 23.9. The summed E-state index contributed by atoms with van der Waals surface area (Å²) in [7, 11) is 0. The van der Waals surface area contributed by atoms with Crippen LogP contribution in [0, 0.1) is 13.8 Å². The molecule has 0 saturated carbocycles. The highest BCUT2D eigenvalue weighted by Crippen LogP contribution is 2.38. The molecule has 2 aromatic rings. The molecule has 2 atom stereocenters. The van der Waals surface area contributed by atoms with Crippen LogP contribution in [0.5, 0.6) is 5.75 Å². The third kappa shape index (κ3) is 4.40. The fourth-order valence-electron chi connectivity index (χ4n) is 4.60. The Morgan fingerprint density at radius 1 is 0.939 bits per heavy atom. The molecule has 174 valence electrons. The van der Waals surface area contributed by atoms with Gasteiger partial charge in [0, 0.05) is 13.1 Å². The number of imide groups is 1. The van der Waals surface area contributed by atoms with Crippen molar-refractivity contribution in [3.05, 3.63) is 64.9 Å². The SMILES string of the molecule is Cc1cccc(N2C(=O)C(c3ccc(OC(C)C)cc3)=C(N3CC(C)OC(C)C3)C2=O)c1C. The minimum Gasteiger partial charge on any atom is -0.491 e. The lowest BCUT2D eigenvalue weighted by atomic mass is 10.0. The van der Waals surface area contributed by atoms with E-state index >= 15 is 0 Å². The Kier molecular flexibility index (Phi) is 6.30. The highest BCUT2D eigenvalue weighted by Gasteiger charge is 2.44. The van der Waals surface area contributed by atoms with Crippen molar-refractivity contribution in [3.63, 3.8) is 0 Å². The summed E-state index contributed by atoms with van der Waals surface area (Å²) in [4.78, 5) is 31.0. The zero-order valence-corrected chi connectivity index (χ0v) is 20.2. The summed E-state index contributed by atoms with van der Waals surface area (Å²) in [6.07, 6.45) is -0.0274. The van der Waals surface area contributed by atoms with Crippen molar-refractivity contribution in [2.24, 2.45) is 0 Å². The van der Waals surface area contributed by atoms with E-state index in [9.17, 15) is 9.59 Å². The second-order valence-corrected chi connectivity index (χ2v) is 9.24. The first-order valence-corrected chi connectivity index (χ1v) is 11.5. The van der Waals surface area contributed by atoms with Crippen LogP contribution in [0.4, 0.5) is 5.69 Å². The molecule has 2 aliphatic rings. The van der Waals surface area contributed by atoms with E-state index in [2.05, 4.69) is 0 Å². The minimum atomic E-state index is -0.298. The lowest BCUT2D eigenvalue weighted by Gasteiger charge is -2.37. The molecule has 4 rings (SSSR count). The molecule has 33 heavy (non-hydrogen) atoms. The molecule has 0 aliphatic carbocycles. The van der Waals surface area contributed by atoms with Gasteiger partial charge >= 0.3 is 0 Å². The van der Waals surface area contributed by atoms with Gasteiger partial charge in [-0.25, -0.2) is 4.90 Å². The Morgan fingerprint density at radius 2 is 1.58 bits per heavy atom. The van der Waals surface area contributed by atoms with Crippen LogP contribution in [-0.4, -0.2) is 48.1 Å². The Morgan fingerprint density at radius 3 is 2.18 bits per heavy atom. The van der Waals surface area contributed by atoms with E-state index in [0.717, 1.165) is 16.9 Å². The summed E-state index contributed by atoms with van der Waals surface area (Å²) in [5.74, 6) is 0.146. The summed E-state index contributed by atoms with van der Waals surface area (Å²) in [6, 6.07) is 13.1. The molecule has 1 saturated heterocycles. The largest absolute Gasteiger partial charge is 0.491 e. The summed E-state index contributed by atoms with van der Waals surface area (Å²) in [6.45, 7) is 13.0. The van der Waals surface area contributed by atoms with Gasteiger partial charge in [0.15, 0.2) is 0 Å². The smallest absolute Gasteiger partial charge is 0.282 e. The van der Waals surface area contributed by atoms with Crippen LogP contribution in [0.1, 0.15) is 44.4 Å². The van der Waals surface area contributed by atoms with Crippen molar-refractivity contribution in [1.29, 1.82) is 0 Å². The molecule has 2 heterocycles. The standard InChI is InChI=1S/C27H32N2O4/c1-16(2)32-22-12-10-21(11-13-22)24-25(28-14-18(4)33-19(5)15-28)27(31)29(26(24)30)23-9-7-8-17(3)20(23)6/h7-13,16,18-19H,14-15H2,1-6H3. The third-order valence-corrected chi connectivity index (χ3v) is 6.13. The first kappa shape index (κ1) is 23.1. The molecular formula is C27H32N2O4. The molecule has 2 unspecified atom stereocenters. The number of hydrogen-bond donors (Lipinski definition) is 0. The van der Waals surface area contributed by atoms with E-state index in [1.165, 1.54) is 4.90 Å². The Balaban J connectivity index is 1.82. The molecule has 0 spiro atoms. The van der Waals surface area contributed by atoms with Gasteiger partial charge in [-0.05, 0) is 76.4 Å². The van der Waals surface area contributed by atoms with Crippen LogP contribution in [0.25, 0.3) is 5.57 Å². The number of rotatable bonds is 5. The van der Waals surface area contributed by atoms with Gasteiger partial charge in [0.25, 0.3) is 11.8 Å². The van der Waals surface area contributed by atoms with Gasteiger partial charge in [-0.1, -0.05) is 24.3 Å². The first-order chi connectivity index (χ1) is 15.7. The van der Waals surface area contributed by atoms with E-state index in [0.29, 0.717) is 35.6 Å². The van der Waals surface area contributed by atoms with Gasteiger partial charge in [0.1, 0.15) is 11.4 Å². The van der Waals surface area contributed by atoms with Gasteiger partial charge in [-0.15, -0.1) is 0 Å². The Bertz CT molecular complexity index is 1090. The summed E-state index contributed by atoms with van der Waals surface area (Å²) in [5.41, 5.74) is 4.17. The number of morpholine rings is 1. The molecule has 0 radical (unpaired) electrons. The number of aryl methyl sites for hydroxylation is 1. The molecule has 0 N–H and O–H groups in total. The maximum atomic E-state index is 13.8. The van der Waals surface area contributed by atoms with Gasteiger partial charge < -0.3 is 14.4 Å². The average Bonchev–Trinajstić information content (AvgIpc) is 3.00. The van der Waals surface area contributed by atoms with Crippen LogP contribution < -0.4 is 9.64 Å². The predicted octanol–water partition coefficient (Wildman–Crippen LogP) is 4.48. The molecule has 6 nitrogen and oxygen atoms in total. The van der Waals surface area contributed by atoms with Crippen LogP contribution >= 0.6 is 0 Å². The third-order valence-electron chi connectivity index (χ3n) is 6.13. The molecule has 2 aliphatic heterocycles. The number of anilines is 1. The average molecular weight is 449 g/mol. The fraction of sp³-hybridized carbons (Fsp3) is 0.407. The topological polar surface area (TPSA) is 59.1 Å². The van der Waals surface area contributed by atoms with Crippen LogP contribution in [-0.2, 0) is 14.3 Å². The quantitative estimate of drug-likeness (QED) is 0.631. The van der Waals surface area contributed by atoms with Crippen molar-refractivity contribution < 1.29 is 19.1 Å². The number of benzene rings is 2. The van der Waals surface area contributed by atoms with Crippen LogP contribution in [0.2, 0.25) is 0 Å². The molecule has 2 amide bonds. The van der Waals surface area contributed by atoms with Crippen molar-refractivity contribution >= 4 is 23.1 Å². The van der Waals surface area contributed by atoms with Gasteiger partial charge in [-0.3, -0.25) is 9.59 Å². The second kappa shape index (κ2) is 9.02. The van der Waals surface area contributed by atoms with E-state index in [1.54, 1.807) is 0 Å². The van der Waals surface area contributed by atoms with Gasteiger partial charge in [0.2, 0.25) is 0 Å². The monoisotopic (exact) mass is 448 g/mol. The molecule has 1 fully saturated rings. The molecule has 0 aromatic heterocycles. The Hall–Kier alpha value is -3.12. The minimum absolute atomic E-state index is 0.0398. The maximum absolute atomic E-state index is 13.8. The Labute approximate surface area is 195 Å². The number of carbonyl (C=O) groups excluding carboxylic acids is 2. The van der Waals surface area contributed by atoms with E-state index in [1.807, 2.05) is 88.9 Å². The van der Waals surface area contributed by atoms with Gasteiger partial charge in [-0.2, -0.15) is 0 Å². The summed E-state index contributed by atoms with van der Waals surface area (Å²) < 4.78 is 11.7.